The monoisotopic (exact) mass is 418 g/mol. The molecule has 1 amide bonds. The van der Waals surface area contributed by atoms with Crippen LogP contribution in [0.1, 0.15) is 74.5 Å². The molecular weight excluding hydrogens is 376 g/mol. The summed E-state index contributed by atoms with van der Waals surface area (Å²) in [6.45, 7) is 4.91. The van der Waals surface area contributed by atoms with Gasteiger partial charge in [-0.15, -0.1) is 0 Å². The van der Waals surface area contributed by atoms with Gasteiger partial charge in [0.1, 0.15) is 0 Å². The number of hydrogen-bond acceptors (Lipinski definition) is 3. The number of hydrogen-bond donors (Lipinski definition) is 1. The van der Waals surface area contributed by atoms with Crippen molar-refractivity contribution in [1.82, 2.24) is 5.32 Å². The molecule has 1 aromatic rings. The average molecular weight is 419 g/mol. The zero-order chi connectivity index (χ0) is 22.6. The fourth-order valence-electron chi connectivity index (χ4n) is 3.88. The van der Waals surface area contributed by atoms with Crippen LogP contribution >= 0.6 is 0 Å². The van der Waals surface area contributed by atoms with E-state index in [0.717, 1.165) is 25.7 Å². The quantitative estimate of drug-likeness (QED) is 0.351. The molecule has 1 N–H and O–H groups in total. The largest absolute Gasteiger partial charge is 0.550 e. The molecule has 0 aromatic heterocycles. The van der Waals surface area contributed by atoms with Crippen LogP contribution in [0.2, 0.25) is 0 Å². The molecule has 0 aliphatic rings. The minimum atomic E-state index is -1.12. The summed E-state index contributed by atoms with van der Waals surface area (Å²) in [5.74, 6) is -1.17. The molecule has 0 fully saturated rings. The van der Waals surface area contributed by atoms with Gasteiger partial charge in [0.2, 0.25) is 5.91 Å². The van der Waals surface area contributed by atoms with E-state index >= 15 is 0 Å². The number of unbranched alkanes of at least 4 members (excludes halogenated alkanes) is 6. The lowest BCUT2D eigenvalue weighted by Crippen LogP contribution is -2.50. The van der Waals surface area contributed by atoms with Crippen LogP contribution in [0.25, 0.3) is 0 Å². The summed E-state index contributed by atoms with van der Waals surface area (Å²) in [5, 5.41) is 13.8. The molecule has 0 saturated carbocycles. The van der Waals surface area contributed by atoms with E-state index in [9.17, 15) is 14.7 Å². The molecule has 0 spiro atoms. The van der Waals surface area contributed by atoms with Crippen LogP contribution in [0.5, 0.6) is 0 Å². The van der Waals surface area contributed by atoms with Gasteiger partial charge in [-0.3, -0.25) is 4.79 Å². The van der Waals surface area contributed by atoms with Crippen molar-refractivity contribution < 1.29 is 19.2 Å². The Labute approximate surface area is 183 Å². The Morgan fingerprint density at radius 1 is 0.967 bits per heavy atom. The summed E-state index contributed by atoms with van der Waals surface area (Å²) in [4.78, 5) is 23.1. The van der Waals surface area contributed by atoms with Crippen molar-refractivity contribution in [2.24, 2.45) is 0 Å². The van der Waals surface area contributed by atoms with E-state index in [1.54, 1.807) is 0 Å². The SMILES string of the molecule is Cc1ccc(C)c(CCCCCCCCCC(=O)NC(CC(=O)[O-])C[N+](C)(C)C)c1. The molecule has 5 heteroatoms. The molecule has 0 aliphatic heterocycles. The third-order valence-corrected chi connectivity index (χ3v) is 5.40. The lowest BCUT2D eigenvalue weighted by molar-refractivity contribution is -0.871. The summed E-state index contributed by atoms with van der Waals surface area (Å²) in [6, 6.07) is 6.31. The third kappa shape index (κ3) is 12.6. The Hall–Kier alpha value is -1.88. The standard InChI is InChI=1S/C25H42N2O3/c1-20-15-16-21(2)22(17-20)13-11-9-7-6-8-10-12-14-24(28)26-23(18-25(29)30)19-27(3,4)5/h15-17,23H,6-14,18-19H2,1-5H3,(H-,26,28,29,30). The fraction of sp³-hybridized carbons (Fsp3) is 0.680. The highest BCUT2D eigenvalue weighted by Crippen LogP contribution is 2.15. The van der Waals surface area contributed by atoms with Gasteiger partial charge in [-0.1, -0.05) is 55.9 Å². The second kappa shape index (κ2) is 13.4. The molecule has 1 unspecified atom stereocenters. The maximum atomic E-state index is 12.1. The number of nitrogens with zero attached hydrogens (tertiary/aromatic N) is 1. The molecule has 1 aromatic carbocycles. The van der Waals surface area contributed by atoms with Crippen molar-refractivity contribution in [3.05, 3.63) is 34.9 Å². The van der Waals surface area contributed by atoms with Crippen molar-refractivity contribution in [3.63, 3.8) is 0 Å². The predicted molar refractivity (Wildman–Crippen MR) is 121 cm³/mol. The van der Waals surface area contributed by atoms with Crippen LogP contribution in [-0.2, 0) is 16.0 Å². The Balaban J connectivity index is 2.11. The van der Waals surface area contributed by atoms with Crippen molar-refractivity contribution in [2.75, 3.05) is 27.7 Å². The second-order valence-electron chi connectivity index (χ2n) is 9.72. The van der Waals surface area contributed by atoms with E-state index < -0.39 is 5.97 Å². The molecule has 30 heavy (non-hydrogen) atoms. The number of carbonyl (C=O) groups is 2. The van der Waals surface area contributed by atoms with Gasteiger partial charge >= 0.3 is 0 Å². The molecule has 1 atom stereocenters. The minimum Gasteiger partial charge on any atom is -0.550 e. The molecule has 5 nitrogen and oxygen atoms in total. The molecule has 1 rings (SSSR count). The van der Waals surface area contributed by atoms with Gasteiger partial charge < -0.3 is 19.7 Å². The average Bonchev–Trinajstić information content (AvgIpc) is 2.61. The van der Waals surface area contributed by atoms with Crippen LogP contribution in [-0.4, -0.2) is 50.1 Å². The minimum absolute atomic E-state index is 0.0526. The first kappa shape index (κ1) is 26.2. The van der Waals surface area contributed by atoms with Gasteiger partial charge in [0, 0.05) is 18.8 Å². The van der Waals surface area contributed by atoms with Crippen molar-refractivity contribution in [1.29, 1.82) is 0 Å². The smallest absolute Gasteiger partial charge is 0.220 e. The van der Waals surface area contributed by atoms with Gasteiger partial charge in [-0.25, -0.2) is 0 Å². The van der Waals surface area contributed by atoms with E-state index in [1.807, 2.05) is 21.1 Å². The van der Waals surface area contributed by atoms with Crippen LogP contribution in [0, 0.1) is 13.8 Å². The lowest BCUT2D eigenvalue weighted by Gasteiger charge is -2.30. The van der Waals surface area contributed by atoms with Crippen LogP contribution in [0.3, 0.4) is 0 Å². The van der Waals surface area contributed by atoms with Gasteiger partial charge in [0.25, 0.3) is 0 Å². The highest BCUT2D eigenvalue weighted by molar-refractivity contribution is 5.77. The molecule has 0 saturated heterocycles. The molecule has 0 radical (unpaired) electrons. The molecule has 0 bridgehead atoms. The van der Waals surface area contributed by atoms with Crippen molar-refractivity contribution >= 4 is 11.9 Å². The number of rotatable bonds is 15. The summed E-state index contributed by atoms with van der Waals surface area (Å²) in [7, 11) is 5.95. The van der Waals surface area contributed by atoms with Gasteiger partial charge in [0.05, 0.1) is 33.7 Å². The number of nitrogens with one attached hydrogen (secondary N) is 1. The first-order valence-corrected chi connectivity index (χ1v) is 11.4. The predicted octanol–water partition coefficient (Wildman–Crippen LogP) is 3.30. The van der Waals surface area contributed by atoms with E-state index in [1.165, 1.54) is 42.4 Å². The fourth-order valence-corrected chi connectivity index (χ4v) is 3.88. The topological polar surface area (TPSA) is 69.2 Å². The summed E-state index contributed by atoms with van der Waals surface area (Å²) in [6.07, 6.45) is 9.49. The molecular formula is C25H42N2O3. The van der Waals surface area contributed by atoms with E-state index in [2.05, 4.69) is 37.4 Å². The maximum Gasteiger partial charge on any atom is 0.220 e. The lowest BCUT2D eigenvalue weighted by atomic mass is 9.99. The van der Waals surface area contributed by atoms with E-state index in [-0.39, 0.29) is 18.4 Å². The highest BCUT2D eigenvalue weighted by atomic mass is 16.4. The number of carboxylic acid groups (broad SMARTS) is 1. The van der Waals surface area contributed by atoms with Crippen LogP contribution in [0.4, 0.5) is 0 Å². The van der Waals surface area contributed by atoms with E-state index in [4.69, 9.17) is 0 Å². The normalized spacial score (nSPS) is 12.6. The third-order valence-electron chi connectivity index (χ3n) is 5.40. The Morgan fingerprint density at radius 2 is 1.57 bits per heavy atom. The molecule has 0 aliphatic carbocycles. The second-order valence-corrected chi connectivity index (χ2v) is 9.72. The van der Waals surface area contributed by atoms with Gasteiger partial charge in [-0.05, 0) is 44.2 Å². The Morgan fingerprint density at radius 3 is 2.17 bits per heavy atom. The van der Waals surface area contributed by atoms with Crippen LogP contribution < -0.4 is 10.4 Å². The first-order chi connectivity index (χ1) is 14.1. The number of amides is 1. The maximum absolute atomic E-state index is 12.1. The van der Waals surface area contributed by atoms with Crippen molar-refractivity contribution in [3.8, 4) is 0 Å². The Kier molecular flexibility index (Phi) is 11.7. The summed E-state index contributed by atoms with van der Waals surface area (Å²) >= 11 is 0. The molecule has 0 heterocycles. The summed E-state index contributed by atoms with van der Waals surface area (Å²) < 4.78 is 0.599. The van der Waals surface area contributed by atoms with E-state index in [0.29, 0.717) is 17.4 Å². The summed E-state index contributed by atoms with van der Waals surface area (Å²) in [5.41, 5.74) is 4.20. The number of aliphatic carboxylic acids is 1. The zero-order valence-corrected chi connectivity index (χ0v) is 19.8. The number of quaternary nitrogens is 1. The van der Waals surface area contributed by atoms with Crippen molar-refractivity contribution in [2.45, 2.75) is 84.1 Å². The Bertz CT molecular complexity index is 665. The number of likely N-dealkylation sites (N-methyl/N-ethyl adjacent to an activating group) is 1. The first-order valence-electron chi connectivity index (χ1n) is 11.4. The zero-order valence-electron chi connectivity index (χ0n) is 19.8. The van der Waals surface area contributed by atoms with Gasteiger partial charge in [-0.2, -0.15) is 0 Å². The molecule has 170 valence electrons. The number of benzene rings is 1. The number of carboxylic acids is 1. The highest BCUT2D eigenvalue weighted by Gasteiger charge is 2.20. The van der Waals surface area contributed by atoms with Crippen LogP contribution in [0.15, 0.2) is 18.2 Å². The number of aryl methyl sites for hydroxylation is 3. The number of carbonyl (C=O) groups excluding carboxylic acids is 2. The van der Waals surface area contributed by atoms with Gasteiger partial charge in [0.15, 0.2) is 0 Å².